The number of benzene rings is 3. The van der Waals surface area contributed by atoms with Gasteiger partial charge in [0.2, 0.25) is 0 Å². The number of carbonyl (C=O) groups is 4. The van der Waals surface area contributed by atoms with Gasteiger partial charge in [0, 0.05) is 19.6 Å². The van der Waals surface area contributed by atoms with Gasteiger partial charge in [-0.05, 0) is 31.2 Å². The van der Waals surface area contributed by atoms with Gasteiger partial charge in [-0.2, -0.15) is 0 Å². The van der Waals surface area contributed by atoms with Crippen LogP contribution in [0.4, 0.5) is 0 Å². The fourth-order valence-corrected chi connectivity index (χ4v) is 6.95. The molecule has 0 radical (unpaired) electrons. The van der Waals surface area contributed by atoms with Crippen LogP contribution in [0.3, 0.4) is 0 Å². The first-order valence-corrected chi connectivity index (χ1v) is 16.6. The topological polar surface area (TPSA) is 166 Å². The van der Waals surface area contributed by atoms with Crippen LogP contribution in [0.25, 0.3) is 0 Å². The molecule has 0 bridgehead atoms. The number of amides is 2. The maximum atomic E-state index is 14.0. The van der Waals surface area contributed by atoms with Gasteiger partial charge in [0.15, 0.2) is 31.1 Å². The van der Waals surface area contributed by atoms with Crippen molar-refractivity contribution in [2.45, 2.75) is 81.5 Å². The van der Waals surface area contributed by atoms with Crippen LogP contribution < -0.4 is 0 Å². The highest BCUT2D eigenvalue weighted by Crippen LogP contribution is 2.41. The second-order valence-electron chi connectivity index (χ2n) is 12.6. The van der Waals surface area contributed by atoms with Crippen LogP contribution in [-0.2, 0) is 42.7 Å². The summed E-state index contributed by atoms with van der Waals surface area (Å²) in [6.07, 6.45) is -12.1. The Kier molecular flexibility index (Phi) is 9.99. The summed E-state index contributed by atoms with van der Waals surface area (Å²) < 4.78 is 48.4. The maximum Gasteiger partial charge on any atom is 0.338 e. The molecule has 11 atom stereocenters. The number of aliphatic hydroxyl groups is 1. The molecule has 51 heavy (non-hydrogen) atoms. The van der Waals surface area contributed by atoms with Crippen molar-refractivity contribution < 1.29 is 62.2 Å². The molecule has 0 spiro atoms. The van der Waals surface area contributed by atoms with E-state index in [4.69, 9.17) is 37.9 Å². The van der Waals surface area contributed by atoms with E-state index in [9.17, 15) is 24.3 Å². The lowest BCUT2D eigenvalue weighted by Crippen LogP contribution is -2.70. The van der Waals surface area contributed by atoms with Gasteiger partial charge in [-0.15, -0.1) is 0 Å². The summed E-state index contributed by atoms with van der Waals surface area (Å²) in [7, 11) is 1.33. The summed E-state index contributed by atoms with van der Waals surface area (Å²) in [6, 6.07) is 22.1. The minimum atomic E-state index is -1.57. The molecule has 2 amide bonds. The summed E-state index contributed by atoms with van der Waals surface area (Å²) in [6.45, 7) is 2.75. The first kappa shape index (κ1) is 34.9. The minimum Gasteiger partial charge on any atom is -0.457 e. The third-order valence-electron chi connectivity index (χ3n) is 9.33. The lowest BCUT2D eigenvalue weighted by molar-refractivity contribution is -0.373. The van der Waals surface area contributed by atoms with Crippen molar-refractivity contribution in [2.75, 3.05) is 13.7 Å². The molecule has 0 aliphatic carbocycles. The number of methoxy groups -OCH3 is 1. The summed E-state index contributed by atoms with van der Waals surface area (Å²) in [4.78, 5) is 55.0. The zero-order valence-corrected chi connectivity index (χ0v) is 27.9. The number of imide groups is 1. The third kappa shape index (κ3) is 6.67. The minimum absolute atomic E-state index is 0.0590. The van der Waals surface area contributed by atoms with Gasteiger partial charge in [0.1, 0.15) is 30.5 Å². The number of carbonyl (C=O) groups excluding carboxylic acids is 4. The SMILES string of the molecule is CO[C@@H]1O[C@@H](C)[C@H](OC(=O)c2ccccc2)[C@@H](O[C@@H]2O[C@@H]3CO[C@@H](c4ccccc4)O[C@H]3[C@H](OC(C)=O)[C@H]2N2C(=O)c3ccccc3C2=O)[C@H]1O. The van der Waals surface area contributed by atoms with Gasteiger partial charge in [0.25, 0.3) is 11.8 Å². The Labute approximate surface area is 293 Å². The first-order valence-electron chi connectivity index (χ1n) is 16.6. The van der Waals surface area contributed by atoms with Crippen LogP contribution in [-0.4, -0.2) is 109 Å². The van der Waals surface area contributed by atoms with Crippen LogP contribution in [0.1, 0.15) is 56.8 Å². The fourth-order valence-electron chi connectivity index (χ4n) is 6.95. The van der Waals surface area contributed by atoms with Gasteiger partial charge < -0.3 is 43.0 Å². The number of hydrogen-bond donors (Lipinski definition) is 1. The lowest BCUT2D eigenvalue weighted by atomic mass is 9.93. The molecular formula is C37H37NO13. The molecular weight excluding hydrogens is 666 g/mol. The third-order valence-corrected chi connectivity index (χ3v) is 9.33. The molecule has 0 unspecified atom stereocenters. The van der Waals surface area contributed by atoms with E-state index in [0.29, 0.717) is 5.56 Å². The molecule has 4 heterocycles. The summed E-state index contributed by atoms with van der Waals surface area (Å²) in [5, 5.41) is 11.5. The second-order valence-corrected chi connectivity index (χ2v) is 12.6. The smallest absolute Gasteiger partial charge is 0.338 e. The highest BCUT2D eigenvalue weighted by Gasteiger charge is 2.60. The van der Waals surface area contributed by atoms with E-state index in [-0.39, 0.29) is 23.3 Å². The molecule has 268 valence electrons. The Balaban J connectivity index is 1.28. The van der Waals surface area contributed by atoms with E-state index in [0.717, 1.165) is 4.90 Å². The number of hydrogen-bond acceptors (Lipinski definition) is 13. The predicted octanol–water partition coefficient (Wildman–Crippen LogP) is 2.78. The van der Waals surface area contributed by atoms with Crippen molar-refractivity contribution in [1.29, 1.82) is 0 Å². The summed E-state index contributed by atoms with van der Waals surface area (Å²) in [5.74, 6) is -2.79. The number of fused-ring (bicyclic) bond motifs is 2. The molecule has 7 rings (SSSR count). The normalized spacial score (nSPS) is 33.3. The largest absolute Gasteiger partial charge is 0.457 e. The zero-order valence-electron chi connectivity index (χ0n) is 27.9. The van der Waals surface area contributed by atoms with Crippen LogP contribution in [0, 0.1) is 0 Å². The van der Waals surface area contributed by atoms with Crippen molar-refractivity contribution in [3.63, 3.8) is 0 Å². The van der Waals surface area contributed by atoms with Gasteiger partial charge in [0.05, 0.1) is 29.4 Å². The predicted molar refractivity (Wildman–Crippen MR) is 173 cm³/mol. The Hall–Kier alpha value is -4.54. The number of aliphatic hydroxyl groups excluding tert-OH is 1. The monoisotopic (exact) mass is 703 g/mol. The van der Waals surface area contributed by atoms with Gasteiger partial charge in [-0.1, -0.05) is 60.7 Å². The molecule has 14 nitrogen and oxygen atoms in total. The van der Waals surface area contributed by atoms with E-state index in [1.54, 1.807) is 61.5 Å². The Morgan fingerprint density at radius 1 is 0.784 bits per heavy atom. The molecule has 3 aromatic rings. The highest BCUT2D eigenvalue weighted by atomic mass is 16.8. The quantitative estimate of drug-likeness (QED) is 0.269. The van der Waals surface area contributed by atoms with E-state index in [1.807, 2.05) is 18.2 Å². The number of nitrogens with zero attached hydrogens (tertiary/aromatic N) is 1. The molecule has 1 N–H and O–H groups in total. The summed E-state index contributed by atoms with van der Waals surface area (Å²) >= 11 is 0. The maximum absolute atomic E-state index is 14.0. The number of rotatable bonds is 8. The first-order chi connectivity index (χ1) is 24.7. The molecule has 4 aliphatic rings. The van der Waals surface area contributed by atoms with E-state index < -0.39 is 91.4 Å². The number of ether oxygens (including phenoxy) is 8. The van der Waals surface area contributed by atoms with Gasteiger partial charge in [-0.3, -0.25) is 19.3 Å². The Morgan fingerprint density at radius 3 is 2.04 bits per heavy atom. The molecule has 4 aliphatic heterocycles. The van der Waals surface area contributed by atoms with Crippen LogP contribution in [0.5, 0.6) is 0 Å². The molecule has 3 fully saturated rings. The van der Waals surface area contributed by atoms with Crippen molar-refractivity contribution in [3.8, 4) is 0 Å². The lowest BCUT2D eigenvalue weighted by Gasteiger charge is -2.52. The number of esters is 2. The van der Waals surface area contributed by atoms with Gasteiger partial charge >= 0.3 is 11.9 Å². The van der Waals surface area contributed by atoms with E-state index in [2.05, 4.69) is 0 Å². The standard InChI is InChI=1S/C37H37NO13/c1-19-28(49-34(43)21-12-6-4-7-13-21)31(27(40)37(44-3)46-19)51-36-26(38-32(41)23-16-10-11-17-24(23)33(38)42)30(47-20(2)39)29-25(48-36)18-45-35(50-29)22-14-8-5-9-15-22/h4-17,19,25-31,35-37,40H,18H2,1-3H3/t19-,25+,26+,27+,28-,29+,30+,31-,35+,36-,37+/m0/s1. The second kappa shape index (κ2) is 14.6. The van der Waals surface area contributed by atoms with Crippen LogP contribution in [0.15, 0.2) is 84.9 Å². The van der Waals surface area contributed by atoms with Crippen molar-refractivity contribution >= 4 is 23.8 Å². The van der Waals surface area contributed by atoms with Crippen LogP contribution in [0.2, 0.25) is 0 Å². The average molecular weight is 704 g/mol. The summed E-state index contributed by atoms with van der Waals surface area (Å²) in [5.41, 5.74) is 1.19. The molecule has 3 saturated heterocycles. The highest BCUT2D eigenvalue weighted by molar-refractivity contribution is 6.21. The Bertz CT molecular complexity index is 1720. The fraction of sp³-hybridized carbons (Fsp3) is 0.405. The van der Waals surface area contributed by atoms with Gasteiger partial charge in [-0.25, -0.2) is 4.79 Å². The molecule has 0 saturated carbocycles. The van der Waals surface area contributed by atoms with Crippen LogP contribution >= 0.6 is 0 Å². The van der Waals surface area contributed by atoms with Crippen molar-refractivity contribution in [1.82, 2.24) is 4.90 Å². The van der Waals surface area contributed by atoms with Crippen molar-refractivity contribution in [3.05, 3.63) is 107 Å². The average Bonchev–Trinajstić information content (AvgIpc) is 3.40. The molecule has 14 heteroatoms. The van der Waals surface area contributed by atoms with E-state index in [1.165, 1.54) is 26.2 Å². The van der Waals surface area contributed by atoms with Crippen molar-refractivity contribution in [2.24, 2.45) is 0 Å². The molecule has 0 aromatic heterocycles. The Morgan fingerprint density at radius 2 is 1.41 bits per heavy atom. The van der Waals surface area contributed by atoms with E-state index >= 15 is 0 Å². The molecule has 3 aromatic carbocycles. The zero-order chi connectivity index (χ0) is 35.8.